The number of anilines is 1. The Balaban J connectivity index is 1.71. The Morgan fingerprint density at radius 1 is 1.29 bits per heavy atom. The summed E-state index contributed by atoms with van der Waals surface area (Å²) in [7, 11) is 1.87. The van der Waals surface area contributed by atoms with E-state index in [0.717, 1.165) is 27.9 Å². The molecule has 1 heterocycles. The van der Waals surface area contributed by atoms with Gasteiger partial charge in [0.1, 0.15) is 0 Å². The van der Waals surface area contributed by atoms with Crippen molar-refractivity contribution in [2.45, 2.75) is 39.3 Å². The number of para-hydroxylation sites is 1. The molecule has 1 aliphatic rings. The van der Waals surface area contributed by atoms with Gasteiger partial charge in [-0.2, -0.15) is 0 Å². The molecule has 0 spiro atoms. The summed E-state index contributed by atoms with van der Waals surface area (Å²) in [5, 5.41) is 17.2. The highest BCUT2D eigenvalue weighted by atomic mass is 19.1. The lowest BCUT2D eigenvalue weighted by molar-refractivity contribution is 0.119. The molecular formula is C24H26FN3O3. The van der Waals surface area contributed by atoms with Crippen molar-refractivity contribution < 1.29 is 19.0 Å². The molecule has 1 amide bonds. The van der Waals surface area contributed by atoms with Crippen LogP contribution in [0.4, 0.5) is 14.9 Å². The van der Waals surface area contributed by atoms with Crippen molar-refractivity contribution >= 4 is 22.7 Å². The molecule has 6 nitrogen and oxygen atoms in total. The van der Waals surface area contributed by atoms with Crippen LogP contribution in [0.3, 0.4) is 0 Å². The number of fused-ring (bicyclic) bond motifs is 3. The molecule has 7 heteroatoms. The molecule has 2 aromatic carbocycles. The molecule has 1 aromatic heterocycles. The van der Waals surface area contributed by atoms with Crippen molar-refractivity contribution in [2.24, 2.45) is 0 Å². The Morgan fingerprint density at radius 2 is 2.10 bits per heavy atom. The quantitative estimate of drug-likeness (QED) is 0.556. The molecule has 0 bridgehead atoms. The van der Waals surface area contributed by atoms with E-state index in [1.54, 1.807) is 32.2 Å². The van der Waals surface area contributed by atoms with Crippen LogP contribution in [0.15, 0.2) is 48.2 Å². The Kier molecular flexibility index (Phi) is 5.59. The number of aromatic hydroxyl groups is 1. The number of hydrogen-bond donors (Lipinski definition) is 3. The minimum Gasteiger partial charge on any atom is -0.505 e. The van der Waals surface area contributed by atoms with Gasteiger partial charge in [-0.25, -0.2) is 9.18 Å². The molecule has 4 rings (SSSR count). The third kappa shape index (κ3) is 4.08. The highest BCUT2D eigenvalue weighted by molar-refractivity contribution is 5.90. The van der Waals surface area contributed by atoms with Crippen LogP contribution in [0.2, 0.25) is 0 Å². The van der Waals surface area contributed by atoms with Crippen LogP contribution in [-0.2, 0) is 24.1 Å². The van der Waals surface area contributed by atoms with Gasteiger partial charge in [-0.05, 0) is 55.7 Å². The molecule has 1 aliphatic carbocycles. The molecule has 0 radical (unpaired) electrons. The summed E-state index contributed by atoms with van der Waals surface area (Å²) in [6, 6.07) is 10.7. The topological polar surface area (TPSA) is 75.5 Å². The van der Waals surface area contributed by atoms with E-state index in [-0.39, 0.29) is 11.9 Å². The Labute approximate surface area is 180 Å². The highest BCUT2D eigenvalue weighted by Gasteiger charge is 2.25. The fourth-order valence-corrected chi connectivity index (χ4v) is 4.09. The second kappa shape index (κ2) is 8.34. The van der Waals surface area contributed by atoms with Crippen LogP contribution >= 0.6 is 0 Å². The molecule has 0 aliphatic heterocycles. The molecule has 162 valence electrons. The number of aromatic nitrogens is 1. The number of benzene rings is 2. The van der Waals surface area contributed by atoms with Gasteiger partial charge >= 0.3 is 6.09 Å². The standard InChI is InChI=1S/C24H26FN3O3/c1-14(2)31-24(30)27-12-15-9-18-19-11-17(26-3)7-8-21(19)28(22(18)10-15)13-16-5-4-6-20(25)23(16)29/h4-8,11-12,14,26,29H,9-10,13H2,1-3H3,(H,27,30)/b15-12+. The number of phenols is 1. The predicted molar refractivity (Wildman–Crippen MR) is 119 cm³/mol. The van der Waals surface area contributed by atoms with E-state index in [2.05, 4.69) is 21.3 Å². The first-order valence-corrected chi connectivity index (χ1v) is 10.3. The van der Waals surface area contributed by atoms with E-state index in [0.29, 0.717) is 24.9 Å². The summed E-state index contributed by atoms with van der Waals surface area (Å²) in [5.41, 5.74) is 5.87. The second-order valence-corrected chi connectivity index (χ2v) is 8.00. The van der Waals surface area contributed by atoms with E-state index < -0.39 is 11.9 Å². The number of ether oxygens (including phenoxy) is 1. The average Bonchev–Trinajstić information content (AvgIpc) is 3.27. The molecular weight excluding hydrogens is 397 g/mol. The molecule has 0 fully saturated rings. The first-order chi connectivity index (χ1) is 14.9. The predicted octanol–water partition coefficient (Wildman–Crippen LogP) is 4.69. The lowest BCUT2D eigenvalue weighted by Crippen LogP contribution is -2.22. The van der Waals surface area contributed by atoms with Gasteiger partial charge in [0.05, 0.1) is 12.6 Å². The Bertz CT molecular complexity index is 1180. The van der Waals surface area contributed by atoms with E-state index in [1.165, 1.54) is 11.6 Å². The summed E-state index contributed by atoms with van der Waals surface area (Å²) >= 11 is 0. The normalized spacial score (nSPS) is 14.3. The number of hydrogen-bond acceptors (Lipinski definition) is 4. The number of carbonyl (C=O) groups excluding carboxylic acids is 1. The third-order valence-electron chi connectivity index (χ3n) is 5.51. The van der Waals surface area contributed by atoms with Crippen LogP contribution in [-0.4, -0.2) is 28.9 Å². The largest absolute Gasteiger partial charge is 0.505 e. The van der Waals surface area contributed by atoms with E-state index in [1.807, 2.05) is 19.2 Å². The maximum atomic E-state index is 13.9. The van der Waals surface area contributed by atoms with Gasteiger partial charge in [0.25, 0.3) is 0 Å². The lowest BCUT2D eigenvalue weighted by atomic mass is 10.1. The molecule has 3 aromatic rings. The number of amides is 1. The maximum absolute atomic E-state index is 13.9. The zero-order valence-electron chi connectivity index (χ0n) is 17.8. The van der Waals surface area contributed by atoms with Crippen molar-refractivity contribution in [3.8, 4) is 5.75 Å². The van der Waals surface area contributed by atoms with Gasteiger partial charge in [0.2, 0.25) is 0 Å². The zero-order chi connectivity index (χ0) is 22.1. The monoisotopic (exact) mass is 423 g/mol. The summed E-state index contributed by atoms with van der Waals surface area (Å²) in [5.74, 6) is -0.951. The fraction of sp³-hybridized carbons (Fsp3) is 0.292. The van der Waals surface area contributed by atoms with Crippen molar-refractivity contribution in [3.63, 3.8) is 0 Å². The SMILES string of the molecule is CNc1ccc2c(c1)c1c(n2Cc2cccc(F)c2O)C/C(=C/NC(=O)OC(C)C)C1. The Hall–Kier alpha value is -3.48. The van der Waals surface area contributed by atoms with Gasteiger partial charge in [-0.3, -0.25) is 5.32 Å². The Morgan fingerprint density at radius 3 is 2.84 bits per heavy atom. The first kappa shape index (κ1) is 20.8. The van der Waals surface area contributed by atoms with E-state index in [9.17, 15) is 14.3 Å². The van der Waals surface area contributed by atoms with E-state index in [4.69, 9.17) is 4.74 Å². The van der Waals surface area contributed by atoms with Gasteiger partial charge in [0.15, 0.2) is 11.6 Å². The number of alkyl carbamates (subject to hydrolysis) is 1. The second-order valence-electron chi connectivity index (χ2n) is 8.00. The third-order valence-corrected chi connectivity index (χ3v) is 5.51. The molecule has 0 saturated carbocycles. The minimum absolute atomic E-state index is 0.189. The molecule has 0 atom stereocenters. The summed E-state index contributed by atoms with van der Waals surface area (Å²) in [6.07, 6.45) is 2.39. The fourth-order valence-electron chi connectivity index (χ4n) is 4.09. The van der Waals surface area contributed by atoms with Crippen molar-refractivity contribution in [1.29, 1.82) is 0 Å². The summed E-state index contributed by atoms with van der Waals surface area (Å²) in [6.45, 7) is 3.95. The van der Waals surface area contributed by atoms with Crippen LogP contribution < -0.4 is 10.6 Å². The highest BCUT2D eigenvalue weighted by Crippen LogP contribution is 2.37. The van der Waals surface area contributed by atoms with Crippen molar-refractivity contribution in [1.82, 2.24) is 9.88 Å². The molecule has 31 heavy (non-hydrogen) atoms. The van der Waals surface area contributed by atoms with Crippen molar-refractivity contribution in [3.05, 3.63) is 70.8 Å². The van der Waals surface area contributed by atoms with Gasteiger partial charge in [-0.15, -0.1) is 0 Å². The number of allylic oxidation sites excluding steroid dienone is 1. The number of nitrogens with zero attached hydrogens (tertiary/aromatic N) is 1. The minimum atomic E-state index is -0.628. The summed E-state index contributed by atoms with van der Waals surface area (Å²) < 4.78 is 21.1. The molecule has 0 unspecified atom stereocenters. The van der Waals surface area contributed by atoms with Gasteiger partial charge in [-0.1, -0.05) is 12.1 Å². The zero-order valence-corrected chi connectivity index (χ0v) is 17.8. The van der Waals surface area contributed by atoms with Gasteiger partial charge < -0.3 is 19.7 Å². The number of rotatable bonds is 5. The van der Waals surface area contributed by atoms with Gasteiger partial charge in [0, 0.05) is 47.5 Å². The maximum Gasteiger partial charge on any atom is 0.411 e. The summed E-state index contributed by atoms with van der Waals surface area (Å²) in [4.78, 5) is 11.8. The number of halogens is 1. The number of phenolic OH excluding ortho intramolecular Hbond substituents is 1. The lowest BCUT2D eigenvalue weighted by Gasteiger charge is -2.12. The van der Waals surface area contributed by atoms with Crippen LogP contribution in [0.1, 0.15) is 30.7 Å². The van der Waals surface area contributed by atoms with Crippen LogP contribution in [0.5, 0.6) is 5.75 Å². The van der Waals surface area contributed by atoms with Crippen LogP contribution in [0.25, 0.3) is 10.9 Å². The first-order valence-electron chi connectivity index (χ1n) is 10.3. The average molecular weight is 423 g/mol. The smallest absolute Gasteiger partial charge is 0.411 e. The number of nitrogens with one attached hydrogen (secondary N) is 2. The molecule has 3 N–H and O–H groups in total. The van der Waals surface area contributed by atoms with Crippen molar-refractivity contribution in [2.75, 3.05) is 12.4 Å². The van der Waals surface area contributed by atoms with E-state index >= 15 is 0 Å². The van der Waals surface area contributed by atoms with Crippen LogP contribution in [0, 0.1) is 5.82 Å². The molecule has 0 saturated heterocycles. The number of carbonyl (C=O) groups is 1.